The Morgan fingerprint density at radius 3 is 2.75 bits per heavy atom. The number of nitrogens with one attached hydrogen (secondary N) is 3. The Morgan fingerprint density at radius 2 is 2.03 bits per heavy atom. The van der Waals surface area contributed by atoms with E-state index in [2.05, 4.69) is 10.6 Å². The molecule has 0 saturated carbocycles. The van der Waals surface area contributed by atoms with Gasteiger partial charge in [-0.1, -0.05) is 23.7 Å². The van der Waals surface area contributed by atoms with Crippen molar-refractivity contribution in [3.63, 3.8) is 0 Å². The van der Waals surface area contributed by atoms with Crippen LogP contribution in [-0.2, 0) is 0 Å². The summed E-state index contributed by atoms with van der Waals surface area (Å²) in [6, 6.07) is 10.1. The van der Waals surface area contributed by atoms with Crippen molar-refractivity contribution >= 4 is 34.2 Å². The van der Waals surface area contributed by atoms with Gasteiger partial charge in [-0.2, -0.15) is 13.2 Å². The van der Waals surface area contributed by atoms with Crippen LogP contribution >= 0.6 is 11.6 Å². The van der Waals surface area contributed by atoms with Crippen molar-refractivity contribution in [2.24, 2.45) is 0 Å². The summed E-state index contributed by atoms with van der Waals surface area (Å²) < 4.78 is 38.4. The van der Waals surface area contributed by atoms with E-state index in [-0.39, 0.29) is 27.7 Å². The fourth-order valence-corrected chi connectivity index (χ4v) is 3.92. The van der Waals surface area contributed by atoms with Crippen molar-refractivity contribution in [3.05, 3.63) is 63.7 Å². The van der Waals surface area contributed by atoms with Crippen molar-refractivity contribution in [2.45, 2.75) is 25.1 Å². The fourth-order valence-electron chi connectivity index (χ4n) is 3.67. The monoisotopic (exact) mass is 465 g/mol. The number of fused-ring (bicyclic) bond motifs is 1. The van der Waals surface area contributed by atoms with Crippen LogP contribution < -0.4 is 21.5 Å². The minimum absolute atomic E-state index is 0.155. The molecule has 0 spiro atoms. The van der Waals surface area contributed by atoms with Crippen molar-refractivity contribution in [1.29, 1.82) is 0 Å². The highest BCUT2D eigenvalue weighted by atomic mass is 35.5. The predicted molar refractivity (Wildman–Crippen MR) is 115 cm³/mol. The van der Waals surface area contributed by atoms with Crippen LogP contribution in [0.1, 0.15) is 24.7 Å². The first kappa shape index (κ1) is 22.1. The van der Waals surface area contributed by atoms with Gasteiger partial charge >= 0.3 is 12.2 Å². The molecule has 0 unspecified atom stereocenters. The van der Waals surface area contributed by atoms with E-state index < -0.39 is 18.8 Å². The number of anilines is 1. The molecule has 1 aromatic heterocycles. The lowest BCUT2D eigenvalue weighted by atomic mass is 10.1. The Balaban J connectivity index is 1.76. The van der Waals surface area contributed by atoms with Crippen LogP contribution in [0.2, 0.25) is 5.02 Å². The SMILES string of the molecule is O=C(NCC(F)(F)F)Nc1cccc(-n2c([C@@H]3CCCN3)nc3cccc(Cl)c3c2=O)c1. The van der Waals surface area contributed by atoms with Gasteiger partial charge in [0.15, 0.2) is 0 Å². The highest BCUT2D eigenvalue weighted by molar-refractivity contribution is 6.35. The third-order valence-corrected chi connectivity index (χ3v) is 5.37. The molecule has 2 aromatic carbocycles. The van der Waals surface area contributed by atoms with E-state index >= 15 is 0 Å². The van der Waals surface area contributed by atoms with Gasteiger partial charge in [-0.15, -0.1) is 0 Å². The van der Waals surface area contributed by atoms with Gasteiger partial charge in [0.05, 0.1) is 27.7 Å². The molecule has 11 heteroatoms. The summed E-state index contributed by atoms with van der Waals surface area (Å²) in [6.07, 6.45) is -2.81. The second-order valence-electron chi connectivity index (χ2n) is 7.37. The van der Waals surface area contributed by atoms with Crippen molar-refractivity contribution in [2.75, 3.05) is 18.4 Å². The maximum atomic E-state index is 13.5. The zero-order chi connectivity index (χ0) is 22.9. The maximum Gasteiger partial charge on any atom is 0.405 e. The normalized spacial score (nSPS) is 16.3. The van der Waals surface area contributed by atoms with Gasteiger partial charge in [0.25, 0.3) is 5.56 Å². The highest BCUT2D eigenvalue weighted by Crippen LogP contribution is 2.27. The molecule has 32 heavy (non-hydrogen) atoms. The number of amides is 2. The van der Waals surface area contributed by atoms with E-state index in [1.807, 2.05) is 0 Å². The number of benzene rings is 2. The molecule has 1 fully saturated rings. The van der Waals surface area contributed by atoms with Gasteiger partial charge in [-0.3, -0.25) is 9.36 Å². The maximum absolute atomic E-state index is 13.5. The van der Waals surface area contributed by atoms with E-state index in [0.717, 1.165) is 19.4 Å². The number of rotatable bonds is 4. The molecular formula is C21H19ClF3N5O2. The summed E-state index contributed by atoms with van der Waals surface area (Å²) >= 11 is 6.28. The summed E-state index contributed by atoms with van der Waals surface area (Å²) in [6.45, 7) is -0.669. The van der Waals surface area contributed by atoms with Crippen molar-refractivity contribution < 1.29 is 18.0 Å². The van der Waals surface area contributed by atoms with Gasteiger partial charge in [0.1, 0.15) is 12.4 Å². The summed E-state index contributed by atoms with van der Waals surface area (Å²) in [5.74, 6) is 0.501. The van der Waals surface area contributed by atoms with Gasteiger partial charge < -0.3 is 16.0 Å². The number of carbonyl (C=O) groups excluding carboxylic acids is 1. The van der Waals surface area contributed by atoms with Crippen LogP contribution in [0.25, 0.3) is 16.6 Å². The van der Waals surface area contributed by atoms with Gasteiger partial charge in [-0.25, -0.2) is 9.78 Å². The molecule has 1 aliphatic heterocycles. The predicted octanol–water partition coefficient (Wildman–Crippen LogP) is 4.15. The van der Waals surface area contributed by atoms with Crippen LogP contribution in [0.5, 0.6) is 0 Å². The van der Waals surface area contributed by atoms with Gasteiger partial charge in [-0.05, 0) is 49.7 Å². The lowest BCUT2D eigenvalue weighted by Gasteiger charge is -2.19. The summed E-state index contributed by atoms with van der Waals surface area (Å²) in [4.78, 5) is 30.0. The van der Waals surface area contributed by atoms with Crippen LogP contribution in [0.15, 0.2) is 47.3 Å². The fraction of sp³-hybridized carbons (Fsp3) is 0.286. The lowest BCUT2D eigenvalue weighted by molar-refractivity contribution is -0.122. The topological polar surface area (TPSA) is 88.1 Å². The number of hydrogen-bond donors (Lipinski definition) is 3. The molecule has 1 atom stereocenters. The zero-order valence-electron chi connectivity index (χ0n) is 16.7. The number of hydrogen-bond acceptors (Lipinski definition) is 4. The molecule has 2 amide bonds. The first-order valence-electron chi connectivity index (χ1n) is 9.89. The average molecular weight is 466 g/mol. The molecule has 3 N–H and O–H groups in total. The second-order valence-corrected chi connectivity index (χ2v) is 7.77. The molecular weight excluding hydrogens is 447 g/mol. The van der Waals surface area contributed by atoms with E-state index in [4.69, 9.17) is 16.6 Å². The van der Waals surface area contributed by atoms with E-state index in [1.165, 1.54) is 16.7 Å². The second kappa shape index (κ2) is 8.79. The first-order chi connectivity index (χ1) is 15.2. The third kappa shape index (κ3) is 4.71. The quantitative estimate of drug-likeness (QED) is 0.540. The van der Waals surface area contributed by atoms with Gasteiger partial charge in [0.2, 0.25) is 0 Å². The number of urea groups is 1. The summed E-state index contributed by atoms with van der Waals surface area (Å²) in [5, 5.41) is 7.95. The number of alkyl halides is 3. The number of aromatic nitrogens is 2. The Hall–Kier alpha value is -3.11. The molecule has 1 aliphatic rings. The standard InChI is InChI=1S/C21H19ClF3N5O2/c22-14-6-2-7-15-17(14)19(31)30(18(29-15)16-8-3-9-26-16)13-5-1-4-12(10-13)28-20(32)27-11-21(23,24)25/h1-2,4-7,10,16,26H,3,8-9,11H2,(H2,27,28,32)/t16-/m0/s1. The Kier molecular flexibility index (Phi) is 6.07. The third-order valence-electron chi connectivity index (χ3n) is 5.06. The largest absolute Gasteiger partial charge is 0.405 e. The number of carbonyl (C=O) groups is 1. The molecule has 0 aliphatic carbocycles. The molecule has 0 radical (unpaired) electrons. The minimum Gasteiger partial charge on any atom is -0.329 e. The van der Waals surface area contributed by atoms with Crippen LogP contribution in [0, 0.1) is 0 Å². The van der Waals surface area contributed by atoms with Gasteiger partial charge in [0, 0.05) is 5.69 Å². The van der Waals surface area contributed by atoms with E-state index in [9.17, 15) is 22.8 Å². The summed E-state index contributed by atoms with van der Waals surface area (Å²) in [7, 11) is 0. The molecule has 7 nitrogen and oxygen atoms in total. The van der Waals surface area contributed by atoms with Crippen molar-refractivity contribution in [1.82, 2.24) is 20.2 Å². The Labute approximate surface area is 185 Å². The average Bonchev–Trinajstić information content (AvgIpc) is 3.26. The Bertz CT molecular complexity index is 1220. The zero-order valence-corrected chi connectivity index (χ0v) is 17.4. The van der Waals surface area contributed by atoms with Crippen LogP contribution in [0.3, 0.4) is 0 Å². The molecule has 3 aromatic rings. The van der Waals surface area contributed by atoms with Crippen molar-refractivity contribution in [3.8, 4) is 5.69 Å². The van der Waals surface area contributed by atoms with Crippen LogP contribution in [-0.4, -0.2) is 34.8 Å². The number of nitrogens with zero attached hydrogens (tertiary/aromatic N) is 2. The first-order valence-corrected chi connectivity index (χ1v) is 10.3. The van der Waals surface area contributed by atoms with Crippen LogP contribution in [0.4, 0.5) is 23.7 Å². The highest BCUT2D eigenvalue weighted by Gasteiger charge is 2.28. The molecule has 1 saturated heterocycles. The minimum atomic E-state index is -4.52. The van der Waals surface area contributed by atoms with E-state index in [1.54, 1.807) is 35.6 Å². The Morgan fingerprint density at radius 1 is 1.25 bits per heavy atom. The number of halogens is 4. The summed E-state index contributed by atoms with van der Waals surface area (Å²) in [5.41, 5.74) is 0.728. The molecule has 4 rings (SSSR count). The smallest absolute Gasteiger partial charge is 0.329 e. The van der Waals surface area contributed by atoms with E-state index in [0.29, 0.717) is 17.0 Å². The molecule has 168 valence electrons. The molecule has 2 heterocycles. The molecule has 0 bridgehead atoms. The lowest BCUT2D eigenvalue weighted by Crippen LogP contribution is -2.36.